The van der Waals surface area contributed by atoms with Crippen LogP contribution in [-0.2, 0) is 20.0 Å². The predicted octanol–water partition coefficient (Wildman–Crippen LogP) is 1.84. The summed E-state index contributed by atoms with van der Waals surface area (Å²) in [6.07, 6.45) is -0.767. The van der Waals surface area contributed by atoms with E-state index in [1.165, 1.54) is 20.3 Å². The SMILES string of the molecule is COC(=O)c1ccc(CS)c(OC(C)C(=O)OC)c1. The lowest BCUT2D eigenvalue weighted by Crippen LogP contribution is -2.25. The average molecular weight is 284 g/mol. The standard InChI is InChI=1S/C13H16O5S/c1-8(12(14)16-2)18-11-6-9(13(15)17-3)4-5-10(11)7-19/h4-6,8,19H,7H2,1-3H3. The number of ether oxygens (including phenoxy) is 3. The van der Waals surface area contributed by atoms with Crippen molar-refractivity contribution in [3.8, 4) is 5.75 Å². The molecule has 0 aliphatic heterocycles. The minimum absolute atomic E-state index is 0.347. The highest BCUT2D eigenvalue weighted by molar-refractivity contribution is 7.79. The van der Waals surface area contributed by atoms with Crippen molar-refractivity contribution in [3.63, 3.8) is 0 Å². The van der Waals surface area contributed by atoms with Crippen LogP contribution in [0.25, 0.3) is 0 Å². The fourth-order valence-electron chi connectivity index (χ4n) is 1.44. The maximum absolute atomic E-state index is 11.5. The molecule has 6 heteroatoms. The van der Waals surface area contributed by atoms with E-state index in [0.717, 1.165) is 5.56 Å². The van der Waals surface area contributed by atoms with Crippen LogP contribution >= 0.6 is 12.6 Å². The van der Waals surface area contributed by atoms with E-state index in [-0.39, 0.29) is 0 Å². The third-order valence-corrected chi connectivity index (χ3v) is 2.84. The molecule has 5 nitrogen and oxygen atoms in total. The van der Waals surface area contributed by atoms with Crippen LogP contribution in [0.1, 0.15) is 22.8 Å². The normalized spacial score (nSPS) is 11.6. The molecule has 0 N–H and O–H groups in total. The van der Waals surface area contributed by atoms with Gasteiger partial charge in [0.05, 0.1) is 19.8 Å². The van der Waals surface area contributed by atoms with Crippen LogP contribution in [0.2, 0.25) is 0 Å². The molecule has 0 saturated heterocycles. The highest BCUT2D eigenvalue weighted by atomic mass is 32.1. The van der Waals surface area contributed by atoms with Crippen molar-refractivity contribution in [1.82, 2.24) is 0 Å². The Morgan fingerprint density at radius 2 is 1.95 bits per heavy atom. The van der Waals surface area contributed by atoms with E-state index in [1.807, 2.05) is 0 Å². The zero-order valence-electron chi connectivity index (χ0n) is 11.0. The second kappa shape index (κ2) is 7.04. The molecule has 0 fully saturated rings. The molecule has 0 amide bonds. The Bertz CT molecular complexity index is 472. The molecule has 0 bridgehead atoms. The third-order valence-electron chi connectivity index (χ3n) is 2.50. The largest absolute Gasteiger partial charge is 0.479 e. The number of esters is 2. The van der Waals surface area contributed by atoms with Gasteiger partial charge in [0.15, 0.2) is 6.10 Å². The second-order valence-electron chi connectivity index (χ2n) is 3.76. The zero-order valence-corrected chi connectivity index (χ0v) is 11.9. The molecule has 1 aromatic carbocycles. The molecule has 19 heavy (non-hydrogen) atoms. The van der Waals surface area contributed by atoms with Gasteiger partial charge in [-0.25, -0.2) is 9.59 Å². The summed E-state index contributed by atoms with van der Waals surface area (Å²) in [7, 11) is 2.58. The number of hydrogen-bond acceptors (Lipinski definition) is 6. The van der Waals surface area contributed by atoms with Gasteiger partial charge in [-0.2, -0.15) is 12.6 Å². The van der Waals surface area contributed by atoms with Gasteiger partial charge in [-0.3, -0.25) is 0 Å². The average Bonchev–Trinajstić information content (AvgIpc) is 2.45. The minimum Gasteiger partial charge on any atom is -0.479 e. The van der Waals surface area contributed by atoms with Gasteiger partial charge in [0.1, 0.15) is 5.75 Å². The molecule has 1 atom stereocenters. The predicted molar refractivity (Wildman–Crippen MR) is 72.6 cm³/mol. The summed E-state index contributed by atoms with van der Waals surface area (Å²) in [4.78, 5) is 22.8. The number of benzene rings is 1. The Labute approximate surface area is 117 Å². The molecule has 0 heterocycles. The van der Waals surface area contributed by atoms with Gasteiger partial charge in [0.25, 0.3) is 0 Å². The Balaban J connectivity index is 3.02. The Morgan fingerprint density at radius 3 is 2.47 bits per heavy atom. The van der Waals surface area contributed by atoms with Crippen molar-refractivity contribution >= 4 is 24.6 Å². The fourth-order valence-corrected chi connectivity index (χ4v) is 1.71. The number of rotatable bonds is 5. The number of thiol groups is 1. The molecule has 1 aromatic rings. The number of methoxy groups -OCH3 is 2. The van der Waals surface area contributed by atoms with Gasteiger partial charge in [-0.15, -0.1) is 0 Å². The first kappa shape index (κ1) is 15.4. The van der Waals surface area contributed by atoms with Crippen LogP contribution in [0.15, 0.2) is 18.2 Å². The zero-order chi connectivity index (χ0) is 14.4. The van der Waals surface area contributed by atoms with Crippen LogP contribution in [0.5, 0.6) is 5.75 Å². The third kappa shape index (κ3) is 3.89. The first-order valence-corrected chi connectivity index (χ1v) is 6.23. The van der Waals surface area contributed by atoms with Crippen molar-refractivity contribution in [1.29, 1.82) is 0 Å². The van der Waals surface area contributed by atoms with E-state index in [0.29, 0.717) is 17.1 Å². The van der Waals surface area contributed by atoms with Crippen molar-refractivity contribution in [2.75, 3.05) is 14.2 Å². The van der Waals surface area contributed by atoms with Crippen LogP contribution in [-0.4, -0.2) is 32.3 Å². The first-order chi connectivity index (χ1) is 9.03. The van der Waals surface area contributed by atoms with Crippen LogP contribution in [0.4, 0.5) is 0 Å². The van der Waals surface area contributed by atoms with E-state index in [9.17, 15) is 9.59 Å². The molecule has 0 radical (unpaired) electrons. The van der Waals surface area contributed by atoms with Crippen molar-refractivity contribution < 1.29 is 23.8 Å². The Hall–Kier alpha value is -1.69. The maximum Gasteiger partial charge on any atom is 0.346 e. The quantitative estimate of drug-likeness (QED) is 0.660. The van der Waals surface area contributed by atoms with Gasteiger partial charge in [0.2, 0.25) is 0 Å². The van der Waals surface area contributed by atoms with E-state index in [2.05, 4.69) is 22.1 Å². The van der Waals surface area contributed by atoms with Gasteiger partial charge in [-0.1, -0.05) is 6.07 Å². The molecule has 0 aromatic heterocycles. The van der Waals surface area contributed by atoms with Crippen molar-refractivity contribution in [3.05, 3.63) is 29.3 Å². The lowest BCUT2D eigenvalue weighted by atomic mass is 10.1. The lowest BCUT2D eigenvalue weighted by molar-refractivity contribution is -0.147. The fraction of sp³-hybridized carbons (Fsp3) is 0.385. The molecule has 1 unspecified atom stereocenters. The highest BCUT2D eigenvalue weighted by Crippen LogP contribution is 2.24. The molecule has 1 rings (SSSR count). The van der Waals surface area contributed by atoms with Crippen LogP contribution in [0, 0.1) is 0 Å². The summed E-state index contributed by atoms with van der Waals surface area (Å²) in [5, 5.41) is 0. The highest BCUT2D eigenvalue weighted by Gasteiger charge is 2.18. The Kier molecular flexibility index (Phi) is 5.69. The van der Waals surface area contributed by atoms with Gasteiger partial charge in [0, 0.05) is 11.3 Å². The molecular formula is C13H16O5S. The number of hydrogen-bond donors (Lipinski definition) is 1. The second-order valence-corrected chi connectivity index (χ2v) is 4.07. The van der Waals surface area contributed by atoms with E-state index in [4.69, 9.17) is 4.74 Å². The van der Waals surface area contributed by atoms with Gasteiger partial charge >= 0.3 is 11.9 Å². The lowest BCUT2D eigenvalue weighted by Gasteiger charge is -2.15. The number of carbonyl (C=O) groups excluding carboxylic acids is 2. The Morgan fingerprint density at radius 1 is 1.26 bits per heavy atom. The van der Waals surface area contributed by atoms with Crippen LogP contribution in [0.3, 0.4) is 0 Å². The monoisotopic (exact) mass is 284 g/mol. The molecule has 0 spiro atoms. The summed E-state index contributed by atoms with van der Waals surface area (Å²) in [5.74, 6) is -0.129. The van der Waals surface area contributed by atoms with Crippen LogP contribution < -0.4 is 4.74 Å². The summed E-state index contributed by atoms with van der Waals surface area (Å²) in [6, 6.07) is 4.85. The minimum atomic E-state index is -0.767. The van der Waals surface area contributed by atoms with Gasteiger partial charge in [-0.05, 0) is 19.1 Å². The molecule has 0 aliphatic carbocycles. The topological polar surface area (TPSA) is 61.8 Å². The molecular weight excluding hydrogens is 268 g/mol. The maximum atomic E-state index is 11.5. The van der Waals surface area contributed by atoms with Crippen molar-refractivity contribution in [2.24, 2.45) is 0 Å². The summed E-state index contributed by atoms with van der Waals surface area (Å²) < 4.78 is 14.7. The smallest absolute Gasteiger partial charge is 0.346 e. The summed E-state index contributed by atoms with van der Waals surface area (Å²) in [6.45, 7) is 1.57. The summed E-state index contributed by atoms with van der Waals surface area (Å²) in [5.41, 5.74) is 1.12. The summed E-state index contributed by atoms with van der Waals surface area (Å²) >= 11 is 4.17. The van der Waals surface area contributed by atoms with Gasteiger partial charge < -0.3 is 14.2 Å². The molecule has 0 saturated carbocycles. The van der Waals surface area contributed by atoms with Crippen molar-refractivity contribution in [2.45, 2.75) is 18.8 Å². The van der Waals surface area contributed by atoms with E-state index < -0.39 is 18.0 Å². The number of carbonyl (C=O) groups is 2. The molecule has 104 valence electrons. The van der Waals surface area contributed by atoms with E-state index >= 15 is 0 Å². The van der Waals surface area contributed by atoms with E-state index in [1.54, 1.807) is 19.1 Å². The first-order valence-electron chi connectivity index (χ1n) is 5.60. The molecule has 0 aliphatic rings.